The molecule has 0 saturated heterocycles. The van der Waals surface area contributed by atoms with Gasteiger partial charge in [-0.1, -0.05) is 11.6 Å². The van der Waals surface area contributed by atoms with E-state index in [1.807, 2.05) is 0 Å². The van der Waals surface area contributed by atoms with Gasteiger partial charge in [-0.2, -0.15) is 0 Å². The largest absolute Gasteiger partial charge is 0.391 e. The maximum absolute atomic E-state index is 14.1. The Morgan fingerprint density at radius 2 is 2.17 bits per heavy atom. The molecule has 24 heavy (non-hydrogen) atoms. The van der Waals surface area contributed by atoms with Crippen LogP contribution in [-0.2, 0) is 0 Å². The number of aromatic amines is 1. The molecule has 0 aromatic carbocycles. The Morgan fingerprint density at radius 1 is 1.29 bits per heavy atom. The van der Waals surface area contributed by atoms with Crippen molar-refractivity contribution in [1.82, 2.24) is 19.9 Å². The number of hydrogen-bond acceptors (Lipinski definition) is 5. The number of nitrogens with zero attached hydrogens (tertiary/aromatic N) is 3. The average molecular weight is 348 g/mol. The van der Waals surface area contributed by atoms with E-state index in [1.54, 1.807) is 18.5 Å². The number of rotatable bonds is 3. The molecule has 3 aromatic rings. The van der Waals surface area contributed by atoms with Gasteiger partial charge in [-0.15, -0.1) is 0 Å². The van der Waals surface area contributed by atoms with Crippen LogP contribution in [0.5, 0.6) is 0 Å². The first kappa shape index (κ1) is 15.3. The summed E-state index contributed by atoms with van der Waals surface area (Å²) in [5.74, 6) is -0.0918. The van der Waals surface area contributed by atoms with E-state index < -0.39 is 11.9 Å². The highest BCUT2D eigenvalue weighted by Crippen LogP contribution is 2.29. The van der Waals surface area contributed by atoms with Gasteiger partial charge in [0, 0.05) is 23.3 Å². The van der Waals surface area contributed by atoms with Crippen molar-refractivity contribution in [3.8, 4) is 11.4 Å². The van der Waals surface area contributed by atoms with Crippen LogP contribution in [0.3, 0.4) is 0 Å². The zero-order valence-corrected chi connectivity index (χ0v) is 13.4. The first-order valence-electron chi connectivity index (χ1n) is 7.72. The maximum Gasteiger partial charge on any atom is 0.183 e. The standard InChI is InChI=1S/C16H15ClFN5O/c17-8-4-9-10(6-20-14(9)19-5-8)15-21-7-11(18)16(23-15)22-12-2-1-3-13(12)24/h4-7,12-13,24H,1-3H2,(H,19,20)(H,21,22,23). The Bertz CT molecular complexity index is 899. The lowest BCUT2D eigenvalue weighted by atomic mass is 10.2. The zero-order valence-electron chi connectivity index (χ0n) is 12.6. The second-order valence-corrected chi connectivity index (χ2v) is 6.33. The van der Waals surface area contributed by atoms with Gasteiger partial charge in [0.15, 0.2) is 17.5 Å². The molecule has 2 unspecified atom stereocenters. The molecule has 0 amide bonds. The highest BCUT2D eigenvalue weighted by Gasteiger charge is 2.26. The minimum absolute atomic E-state index is 0.0929. The van der Waals surface area contributed by atoms with Crippen molar-refractivity contribution in [3.05, 3.63) is 35.5 Å². The third kappa shape index (κ3) is 2.70. The molecule has 1 aliphatic carbocycles. The van der Waals surface area contributed by atoms with E-state index in [1.165, 1.54) is 0 Å². The van der Waals surface area contributed by atoms with E-state index in [0.717, 1.165) is 24.4 Å². The van der Waals surface area contributed by atoms with Crippen molar-refractivity contribution >= 4 is 28.5 Å². The van der Waals surface area contributed by atoms with Crippen LogP contribution in [0.1, 0.15) is 19.3 Å². The third-order valence-electron chi connectivity index (χ3n) is 4.28. The van der Waals surface area contributed by atoms with Gasteiger partial charge in [0.2, 0.25) is 0 Å². The summed E-state index contributed by atoms with van der Waals surface area (Å²) >= 11 is 6.00. The number of H-pyrrole nitrogens is 1. The molecule has 2 atom stereocenters. The normalized spacial score (nSPS) is 20.6. The fourth-order valence-electron chi connectivity index (χ4n) is 3.05. The molecular formula is C16H15ClFN5O. The summed E-state index contributed by atoms with van der Waals surface area (Å²) in [6, 6.07) is 1.57. The quantitative estimate of drug-likeness (QED) is 0.677. The van der Waals surface area contributed by atoms with Crippen LogP contribution in [0.15, 0.2) is 24.7 Å². The lowest BCUT2D eigenvalue weighted by Gasteiger charge is -2.17. The van der Waals surface area contributed by atoms with E-state index in [4.69, 9.17) is 11.6 Å². The maximum atomic E-state index is 14.1. The number of anilines is 1. The van der Waals surface area contributed by atoms with Gasteiger partial charge in [-0.3, -0.25) is 0 Å². The molecule has 3 heterocycles. The molecule has 6 nitrogen and oxygen atoms in total. The molecule has 0 aliphatic heterocycles. The van der Waals surface area contributed by atoms with Crippen LogP contribution in [0.2, 0.25) is 5.02 Å². The predicted octanol–water partition coefficient (Wildman–Crippen LogP) is 3.14. The highest BCUT2D eigenvalue weighted by atomic mass is 35.5. The van der Waals surface area contributed by atoms with E-state index >= 15 is 0 Å². The van der Waals surface area contributed by atoms with E-state index in [-0.39, 0.29) is 11.9 Å². The van der Waals surface area contributed by atoms with Gasteiger partial charge in [0.05, 0.1) is 23.4 Å². The minimum Gasteiger partial charge on any atom is -0.391 e. The fraction of sp³-hybridized carbons (Fsp3) is 0.312. The second kappa shape index (κ2) is 5.99. The van der Waals surface area contributed by atoms with Crippen LogP contribution in [0, 0.1) is 5.82 Å². The summed E-state index contributed by atoms with van der Waals surface area (Å²) in [5.41, 5.74) is 1.35. The fourth-order valence-corrected chi connectivity index (χ4v) is 3.20. The predicted molar refractivity (Wildman–Crippen MR) is 89.4 cm³/mol. The van der Waals surface area contributed by atoms with Crippen LogP contribution >= 0.6 is 11.6 Å². The number of fused-ring (bicyclic) bond motifs is 1. The topological polar surface area (TPSA) is 86.7 Å². The van der Waals surface area contributed by atoms with Gasteiger partial charge >= 0.3 is 0 Å². The van der Waals surface area contributed by atoms with Crippen LogP contribution in [-0.4, -0.2) is 37.2 Å². The van der Waals surface area contributed by atoms with Crippen molar-refractivity contribution in [3.63, 3.8) is 0 Å². The Hall–Kier alpha value is -2.25. The molecule has 124 valence electrons. The van der Waals surface area contributed by atoms with Crippen LogP contribution < -0.4 is 5.32 Å². The van der Waals surface area contributed by atoms with Gasteiger partial charge < -0.3 is 15.4 Å². The molecule has 8 heteroatoms. The summed E-state index contributed by atoms with van der Waals surface area (Å²) in [5, 5.41) is 14.2. The first-order chi connectivity index (χ1) is 11.6. The Kier molecular flexibility index (Phi) is 3.82. The zero-order chi connectivity index (χ0) is 16.7. The number of aliphatic hydroxyl groups is 1. The Balaban J connectivity index is 1.73. The molecule has 1 saturated carbocycles. The third-order valence-corrected chi connectivity index (χ3v) is 4.49. The smallest absolute Gasteiger partial charge is 0.183 e. The molecule has 4 rings (SSSR count). The van der Waals surface area contributed by atoms with Gasteiger partial charge in [0.1, 0.15) is 5.65 Å². The van der Waals surface area contributed by atoms with Crippen LogP contribution in [0.25, 0.3) is 22.4 Å². The summed E-state index contributed by atoms with van der Waals surface area (Å²) < 4.78 is 14.1. The lowest BCUT2D eigenvalue weighted by molar-refractivity contribution is 0.171. The molecule has 0 radical (unpaired) electrons. The number of nitrogens with one attached hydrogen (secondary N) is 2. The molecule has 1 aliphatic rings. The van der Waals surface area contributed by atoms with Gasteiger partial charge in [-0.25, -0.2) is 19.3 Å². The summed E-state index contributed by atoms with van der Waals surface area (Å²) in [4.78, 5) is 15.6. The SMILES string of the molecule is OC1CCCC1Nc1nc(-c2c[nH]c3ncc(Cl)cc23)ncc1F. The highest BCUT2D eigenvalue weighted by molar-refractivity contribution is 6.31. The summed E-state index contributed by atoms with van der Waals surface area (Å²) in [6.45, 7) is 0. The average Bonchev–Trinajstić information content (AvgIpc) is 3.16. The van der Waals surface area contributed by atoms with Crippen molar-refractivity contribution in [2.75, 3.05) is 5.32 Å². The van der Waals surface area contributed by atoms with Gasteiger partial charge in [-0.05, 0) is 25.3 Å². The molecule has 0 spiro atoms. The van der Waals surface area contributed by atoms with Gasteiger partial charge in [0.25, 0.3) is 0 Å². The van der Waals surface area contributed by atoms with Crippen LogP contribution in [0.4, 0.5) is 10.2 Å². The second-order valence-electron chi connectivity index (χ2n) is 5.89. The number of hydrogen-bond donors (Lipinski definition) is 3. The number of pyridine rings is 1. The molecular weight excluding hydrogens is 333 g/mol. The van der Waals surface area contributed by atoms with Crippen molar-refractivity contribution in [1.29, 1.82) is 0 Å². The summed E-state index contributed by atoms with van der Waals surface area (Å²) in [7, 11) is 0. The molecule has 0 bridgehead atoms. The monoisotopic (exact) mass is 347 g/mol. The summed E-state index contributed by atoms with van der Waals surface area (Å²) in [6.07, 6.45) is 6.31. The minimum atomic E-state index is -0.547. The molecule has 3 N–H and O–H groups in total. The first-order valence-corrected chi connectivity index (χ1v) is 8.10. The Labute approximate surface area is 142 Å². The molecule has 1 fully saturated rings. The number of aromatic nitrogens is 4. The van der Waals surface area contributed by atoms with Crippen molar-refractivity contribution in [2.45, 2.75) is 31.4 Å². The van der Waals surface area contributed by atoms with E-state index in [9.17, 15) is 9.50 Å². The number of halogens is 2. The van der Waals surface area contributed by atoms with Crippen molar-refractivity contribution in [2.24, 2.45) is 0 Å². The van der Waals surface area contributed by atoms with E-state index in [2.05, 4.69) is 25.3 Å². The lowest BCUT2D eigenvalue weighted by Crippen LogP contribution is -2.29. The van der Waals surface area contributed by atoms with E-state index in [0.29, 0.717) is 28.5 Å². The molecule has 3 aromatic heterocycles. The Morgan fingerprint density at radius 3 is 2.96 bits per heavy atom. The van der Waals surface area contributed by atoms with Crippen molar-refractivity contribution < 1.29 is 9.50 Å². The number of aliphatic hydroxyl groups excluding tert-OH is 1.